The summed E-state index contributed by atoms with van der Waals surface area (Å²) in [7, 11) is 0. The van der Waals surface area contributed by atoms with Gasteiger partial charge in [0.15, 0.2) is 0 Å². The zero-order valence-corrected chi connectivity index (χ0v) is 11.0. The highest BCUT2D eigenvalue weighted by Gasteiger charge is 2.25. The molecule has 0 spiro atoms. The maximum atomic E-state index is 11.8. The number of ether oxygens (including phenoxy) is 2. The highest BCUT2D eigenvalue weighted by molar-refractivity contribution is 5.69. The molecule has 1 unspecified atom stereocenters. The maximum absolute atomic E-state index is 11.8. The summed E-state index contributed by atoms with van der Waals surface area (Å²) in [4.78, 5) is 11.4. The topological polar surface area (TPSA) is 35.5 Å². The third-order valence-electron chi connectivity index (χ3n) is 3.04. The summed E-state index contributed by atoms with van der Waals surface area (Å²) in [6, 6.07) is 0. The lowest BCUT2D eigenvalue weighted by Crippen LogP contribution is -2.15. The van der Waals surface area contributed by atoms with Crippen LogP contribution in [0.15, 0.2) is 0 Å². The van der Waals surface area contributed by atoms with Crippen LogP contribution in [-0.2, 0) is 14.3 Å². The minimum Gasteiger partial charge on any atom is -0.466 e. The molecule has 0 N–H and O–H groups in total. The number of hydrogen-bond acceptors (Lipinski definition) is 3. The Morgan fingerprint density at radius 1 is 1.21 bits per heavy atom. The number of hydrogen-bond donors (Lipinski definition) is 0. The molecule has 0 amide bonds. The van der Waals surface area contributed by atoms with Crippen molar-refractivity contribution >= 4 is 5.97 Å². The van der Waals surface area contributed by atoms with Crippen molar-refractivity contribution < 1.29 is 27.4 Å². The number of unbranched alkanes of at least 4 members (excludes halogenated alkanes) is 3. The molecule has 0 radical (unpaired) electrons. The molecule has 1 atom stereocenters. The largest absolute Gasteiger partial charge is 0.466 e. The molecule has 0 aromatic carbocycles. The van der Waals surface area contributed by atoms with Crippen molar-refractivity contribution in [1.82, 2.24) is 0 Å². The fourth-order valence-electron chi connectivity index (χ4n) is 2.02. The van der Waals surface area contributed by atoms with Crippen LogP contribution in [0, 0.1) is 0 Å². The van der Waals surface area contributed by atoms with Gasteiger partial charge in [-0.3, -0.25) is 4.79 Å². The SMILES string of the molecule is O=C(CC1CCCO1)OCCCCCCC(F)(F)F. The van der Waals surface area contributed by atoms with E-state index in [1.807, 2.05) is 0 Å². The van der Waals surface area contributed by atoms with Gasteiger partial charge in [0.2, 0.25) is 0 Å². The molecule has 1 saturated heterocycles. The van der Waals surface area contributed by atoms with Crippen LogP contribution in [0.4, 0.5) is 13.2 Å². The molecule has 112 valence electrons. The molecule has 0 saturated carbocycles. The molecule has 0 aliphatic carbocycles. The van der Waals surface area contributed by atoms with Crippen molar-refractivity contribution in [3.05, 3.63) is 0 Å². The minimum atomic E-state index is -4.06. The number of esters is 1. The lowest BCUT2D eigenvalue weighted by molar-refractivity contribution is -0.146. The second-order valence-corrected chi connectivity index (χ2v) is 4.84. The summed E-state index contributed by atoms with van der Waals surface area (Å²) < 4.78 is 45.9. The van der Waals surface area contributed by atoms with E-state index in [4.69, 9.17) is 9.47 Å². The van der Waals surface area contributed by atoms with Crippen molar-refractivity contribution in [2.75, 3.05) is 13.2 Å². The smallest absolute Gasteiger partial charge is 0.389 e. The molecule has 0 aromatic rings. The van der Waals surface area contributed by atoms with Crippen LogP contribution in [0.2, 0.25) is 0 Å². The summed E-state index contributed by atoms with van der Waals surface area (Å²) >= 11 is 0. The Balaban J connectivity index is 1.88. The first-order chi connectivity index (χ1) is 8.97. The summed E-state index contributed by atoms with van der Waals surface area (Å²) in [5.74, 6) is -0.276. The first-order valence-electron chi connectivity index (χ1n) is 6.81. The van der Waals surface area contributed by atoms with Gasteiger partial charge in [-0.2, -0.15) is 13.2 Å². The normalized spacial score (nSPS) is 19.6. The first-order valence-corrected chi connectivity index (χ1v) is 6.81. The Bertz CT molecular complexity index is 260. The molecule has 0 aromatic heterocycles. The van der Waals surface area contributed by atoms with Gasteiger partial charge in [-0.05, 0) is 25.7 Å². The molecule has 3 nitrogen and oxygen atoms in total. The average Bonchev–Trinajstić information content (AvgIpc) is 2.79. The highest BCUT2D eigenvalue weighted by atomic mass is 19.4. The first kappa shape index (κ1) is 16.3. The fourth-order valence-corrected chi connectivity index (χ4v) is 2.02. The number of carbonyl (C=O) groups is 1. The third-order valence-corrected chi connectivity index (χ3v) is 3.04. The number of carbonyl (C=O) groups excluding carboxylic acids is 1. The van der Waals surface area contributed by atoms with E-state index in [1.165, 1.54) is 0 Å². The highest BCUT2D eigenvalue weighted by Crippen LogP contribution is 2.22. The Hall–Kier alpha value is -0.780. The van der Waals surface area contributed by atoms with E-state index in [9.17, 15) is 18.0 Å². The van der Waals surface area contributed by atoms with Crippen LogP contribution in [0.1, 0.15) is 51.4 Å². The second-order valence-electron chi connectivity index (χ2n) is 4.84. The molecule has 0 bridgehead atoms. The molecule has 1 aliphatic heterocycles. The Morgan fingerprint density at radius 2 is 1.95 bits per heavy atom. The number of rotatable bonds is 8. The second kappa shape index (κ2) is 8.40. The molecule has 1 rings (SSSR count). The summed E-state index contributed by atoms with van der Waals surface area (Å²) in [6.07, 6.45) is -0.703. The average molecular weight is 282 g/mol. The summed E-state index contributed by atoms with van der Waals surface area (Å²) in [5.41, 5.74) is 0. The van der Waals surface area contributed by atoms with Gasteiger partial charge < -0.3 is 9.47 Å². The molecular weight excluding hydrogens is 261 g/mol. The van der Waals surface area contributed by atoms with Crippen molar-refractivity contribution in [2.24, 2.45) is 0 Å². The summed E-state index contributed by atoms with van der Waals surface area (Å²) in [6.45, 7) is 0.995. The van der Waals surface area contributed by atoms with Gasteiger partial charge in [0.05, 0.1) is 19.1 Å². The molecule has 6 heteroatoms. The summed E-state index contributed by atoms with van der Waals surface area (Å²) in [5, 5.41) is 0. The van der Waals surface area contributed by atoms with E-state index < -0.39 is 12.6 Å². The van der Waals surface area contributed by atoms with Crippen molar-refractivity contribution in [1.29, 1.82) is 0 Å². The molecule has 1 fully saturated rings. The standard InChI is InChI=1S/C13H21F3O3/c14-13(15,16)7-3-1-2-4-8-19-12(17)10-11-6-5-9-18-11/h11H,1-10H2. The quantitative estimate of drug-likeness (QED) is 0.504. The van der Waals surface area contributed by atoms with E-state index >= 15 is 0 Å². The maximum Gasteiger partial charge on any atom is 0.389 e. The molecule has 1 heterocycles. The monoisotopic (exact) mass is 282 g/mol. The van der Waals surface area contributed by atoms with Crippen molar-refractivity contribution in [3.8, 4) is 0 Å². The Kier molecular flexibility index (Phi) is 7.20. The Morgan fingerprint density at radius 3 is 2.58 bits per heavy atom. The fraction of sp³-hybridized carbons (Fsp3) is 0.923. The van der Waals surface area contributed by atoms with E-state index in [2.05, 4.69) is 0 Å². The Labute approximate surface area is 111 Å². The lowest BCUT2D eigenvalue weighted by atomic mass is 10.1. The zero-order chi connectivity index (χ0) is 14.1. The van der Waals surface area contributed by atoms with E-state index in [0.717, 1.165) is 12.8 Å². The molecule has 1 aliphatic rings. The molecule has 19 heavy (non-hydrogen) atoms. The van der Waals surface area contributed by atoms with E-state index in [0.29, 0.717) is 25.9 Å². The van der Waals surface area contributed by atoms with Crippen LogP contribution in [0.3, 0.4) is 0 Å². The predicted octanol–water partition coefficient (Wildman–Crippen LogP) is 3.61. The van der Waals surface area contributed by atoms with Gasteiger partial charge in [0.1, 0.15) is 0 Å². The van der Waals surface area contributed by atoms with Crippen LogP contribution < -0.4 is 0 Å². The number of alkyl halides is 3. The van der Waals surface area contributed by atoms with Gasteiger partial charge in [-0.25, -0.2) is 0 Å². The van der Waals surface area contributed by atoms with E-state index in [-0.39, 0.29) is 31.5 Å². The van der Waals surface area contributed by atoms with E-state index in [1.54, 1.807) is 0 Å². The third kappa shape index (κ3) is 8.86. The van der Waals surface area contributed by atoms with Crippen LogP contribution >= 0.6 is 0 Å². The minimum absolute atomic E-state index is 0.0146. The van der Waals surface area contributed by atoms with Gasteiger partial charge in [-0.1, -0.05) is 12.8 Å². The van der Waals surface area contributed by atoms with Crippen LogP contribution in [-0.4, -0.2) is 31.5 Å². The lowest BCUT2D eigenvalue weighted by Gasteiger charge is -2.09. The zero-order valence-electron chi connectivity index (χ0n) is 11.0. The van der Waals surface area contributed by atoms with Crippen LogP contribution in [0.25, 0.3) is 0 Å². The van der Waals surface area contributed by atoms with Crippen molar-refractivity contribution in [3.63, 3.8) is 0 Å². The number of halogens is 3. The molecular formula is C13H21F3O3. The van der Waals surface area contributed by atoms with Gasteiger partial charge in [0, 0.05) is 13.0 Å². The van der Waals surface area contributed by atoms with Gasteiger partial charge in [0.25, 0.3) is 0 Å². The van der Waals surface area contributed by atoms with Gasteiger partial charge in [-0.15, -0.1) is 0 Å². The van der Waals surface area contributed by atoms with Crippen molar-refractivity contribution in [2.45, 2.75) is 63.6 Å². The predicted molar refractivity (Wildman–Crippen MR) is 63.7 cm³/mol. The van der Waals surface area contributed by atoms with Gasteiger partial charge >= 0.3 is 12.1 Å². The van der Waals surface area contributed by atoms with Crippen LogP contribution in [0.5, 0.6) is 0 Å².